The molecule has 3 heteroatoms. The van der Waals surface area contributed by atoms with Crippen LogP contribution in [0.5, 0.6) is 11.5 Å². The first-order valence-electron chi connectivity index (χ1n) is 6.32. The zero-order valence-corrected chi connectivity index (χ0v) is 11.3. The summed E-state index contributed by atoms with van der Waals surface area (Å²) in [6.07, 6.45) is 0.894. The molecule has 0 fully saturated rings. The lowest BCUT2D eigenvalue weighted by molar-refractivity contribution is 0.372. The maximum Gasteiger partial charge on any atom is 0.160 e. The normalized spacial score (nSPS) is 12.1. The summed E-state index contributed by atoms with van der Waals surface area (Å²) in [7, 11) is 3.50. The van der Waals surface area contributed by atoms with Crippen LogP contribution >= 0.6 is 0 Å². The molecule has 0 unspecified atom stereocenters. The van der Waals surface area contributed by atoms with Crippen molar-refractivity contribution in [1.82, 2.24) is 5.32 Å². The largest absolute Gasteiger partial charge is 0.504 e. The molecule has 100 valence electrons. The lowest BCUT2D eigenvalue weighted by Gasteiger charge is -2.18. The average Bonchev–Trinajstić information content (AvgIpc) is 2.46. The zero-order chi connectivity index (χ0) is 13.7. The van der Waals surface area contributed by atoms with E-state index in [-0.39, 0.29) is 11.8 Å². The molecule has 2 aromatic rings. The van der Waals surface area contributed by atoms with E-state index in [2.05, 4.69) is 17.4 Å². The van der Waals surface area contributed by atoms with Crippen molar-refractivity contribution in [1.29, 1.82) is 0 Å². The number of likely N-dealkylation sites (N-methyl/N-ethyl adjacent to an activating group) is 1. The van der Waals surface area contributed by atoms with Gasteiger partial charge in [0, 0.05) is 6.04 Å². The highest BCUT2D eigenvalue weighted by atomic mass is 16.5. The Labute approximate surface area is 113 Å². The second-order valence-electron chi connectivity index (χ2n) is 4.46. The molecule has 0 saturated heterocycles. The van der Waals surface area contributed by atoms with Crippen molar-refractivity contribution < 1.29 is 9.84 Å². The predicted octanol–water partition coefficient (Wildman–Crippen LogP) is 2.90. The van der Waals surface area contributed by atoms with Crippen LogP contribution in [0.2, 0.25) is 0 Å². The fraction of sp³-hybridized carbons (Fsp3) is 0.250. The third-order valence-corrected chi connectivity index (χ3v) is 3.24. The molecule has 0 saturated carbocycles. The molecule has 3 nitrogen and oxygen atoms in total. The van der Waals surface area contributed by atoms with Crippen LogP contribution in [0.1, 0.15) is 17.2 Å². The van der Waals surface area contributed by atoms with Crippen LogP contribution in [0.15, 0.2) is 48.5 Å². The Balaban J connectivity index is 2.22. The van der Waals surface area contributed by atoms with Gasteiger partial charge in [0.25, 0.3) is 0 Å². The Hall–Kier alpha value is -2.00. The second kappa shape index (κ2) is 6.25. The summed E-state index contributed by atoms with van der Waals surface area (Å²) in [5.74, 6) is 0.673. The summed E-state index contributed by atoms with van der Waals surface area (Å²) in [5, 5.41) is 12.9. The fourth-order valence-electron chi connectivity index (χ4n) is 2.15. The first-order chi connectivity index (χ1) is 9.24. The molecule has 0 heterocycles. The van der Waals surface area contributed by atoms with E-state index < -0.39 is 0 Å². The maximum absolute atomic E-state index is 9.63. The predicted molar refractivity (Wildman–Crippen MR) is 76.6 cm³/mol. The van der Waals surface area contributed by atoms with Crippen LogP contribution < -0.4 is 10.1 Å². The van der Waals surface area contributed by atoms with E-state index in [1.54, 1.807) is 13.2 Å². The van der Waals surface area contributed by atoms with Gasteiger partial charge in [0.15, 0.2) is 11.5 Å². The standard InChI is InChI=1S/C16H19NO2/c1-17-14(10-12-6-4-3-5-7-12)13-8-9-15(18)16(11-13)19-2/h3-9,11,14,17-18H,10H2,1-2H3/t14-/m0/s1. The van der Waals surface area contributed by atoms with E-state index in [9.17, 15) is 5.11 Å². The van der Waals surface area contributed by atoms with E-state index in [0.717, 1.165) is 12.0 Å². The van der Waals surface area contributed by atoms with Gasteiger partial charge in [0.1, 0.15) is 0 Å². The van der Waals surface area contributed by atoms with Crippen molar-refractivity contribution in [2.45, 2.75) is 12.5 Å². The van der Waals surface area contributed by atoms with E-state index >= 15 is 0 Å². The van der Waals surface area contributed by atoms with Gasteiger partial charge in [0.2, 0.25) is 0 Å². The number of phenolic OH excluding ortho intramolecular Hbond substituents is 1. The quantitative estimate of drug-likeness (QED) is 0.865. The summed E-state index contributed by atoms with van der Waals surface area (Å²) in [4.78, 5) is 0. The molecular formula is C16H19NO2. The molecule has 0 aliphatic rings. The number of phenols is 1. The molecule has 0 aliphatic heterocycles. The van der Waals surface area contributed by atoms with Gasteiger partial charge in [0.05, 0.1) is 7.11 Å². The lowest BCUT2D eigenvalue weighted by atomic mass is 9.98. The zero-order valence-electron chi connectivity index (χ0n) is 11.3. The van der Waals surface area contributed by atoms with Gasteiger partial charge in [-0.25, -0.2) is 0 Å². The summed E-state index contributed by atoms with van der Waals surface area (Å²) >= 11 is 0. The third kappa shape index (κ3) is 3.26. The van der Waals surface area contributed by atoms with Crippen molar-refractivity contribution >= 4 is 0 Å². The van der Waals surface area contributed by atoms with Crippen LogP contribution in [0.3, 0.4) is 0 Å². The number of hydrogen-bond donors (Lipinski definition) is 2. The molecule has 0 spiro atoms. The van der Waals surface area contributed by atoms with E-state index in [1.807, 2.05) is 37.4 Å². The Morgan fingerprint density at radius 3 is 2.53 bits per heavy atom. The molecule has 2 rings (SSSR count). The number of benzene rings is 2. The summed E-state index contributed by atoms with van der Waals surface area (Å²) in [6, 6.07) is 16.0. The van der Waals surface area contributed by atoms with Gasteiger partial charge < -0.3 is 15.2 Å². The van der Waals surface area contributed by atoms with Gasteiger partial charge in [-0.2, -0.15) is 0 Å². The van der Waals surface area contributed by atoms with Crippen molar-refractivity contribution in [2.75, 3.05) is 14.2 Å². The topological polar surface area (TPSA) is 41.5 Å². The van der Waals surface area contributed by atoms with E-state index in [1.165, 1.54) is 5.56 Å². The third-order valence-electron chi connectivity index (χ3n) is 3.24. The van der Waals surface area contributed by atoms with E-state index in [4.69, 9.17) is 4.74 Å². The van der Waals surface area contributed by atoms with Gasteiger partial charge in [-0.3, -0.25) is 0 Å². The van der Waals surface area contributed by atoms with Crippen molar-refractivity contribution in [3.05, 3.63) is 59.7 Å². The Morgan fingerprint density at radius 2 is 1.89 bits per heavy atom. The Morgan fingerprint density at radius 1 is 1.16 bits per heavy atom. The SMILES string of the molecule is CN[C@@H](Cc1ccccc1)c1ccc(O)c(OC)c1. The minimum absolute atomic E-state index is 0.167. The highest BCUT2D eigenvalue weighted by molar-refractivity contribution is 5.43. The van der Waals surface area contributed by atoms with Crippen molar-refractivity contribution in [3.8, 4) is 11.5 Å². The van der Waals surface area contributed by atoms with Crippen LogP contribution in [-0.4, -0.2) is 19.3 Å². The Bertz CT molecular complexity index is 526. The number of ether oxygens (including phenoxy) is 1. The first kappa shape index (κ1) is 13.4. The highest BCUT2D eigenvalue weighted by Crippen LogP contribution is 2.29. The molecule has 0 amide bonds. The molecule has 0 aromatic heterocycles. The van der Waals surface area contributed by atoms with Crippen LogP contribution in [0.4, 0.5) is 0 Å². The molecule has 2 N–H and O–H groups in total. The first-order valence-corrected chi connectivity index (χ1v) is 6.32. The fourth-order valence-corrected chi connectivity index (χ4v) is 2.15. The number of aromatic hydroxyl groups is 1. The minimum Gasteiger partial charge on any atom is -0.504 e. The molecular weight excluding hydrogens is 238 g/mol. The highest BCUT2D eigenvalue weighted by Gasteiger charge is 2.12. The van der Waals surface area contributed by atoms with Crippen molar-refractivity contribution in [2.24, 2.45) is 0 Å². The van der Waals surface area contributed by atoms with E-state index in [0.29, 0.717) is 5.75 Å². The molecule has 0 bridgehead atoms. The number of methoxy groups -OCH3 is 1. The van der Waals surface area contributed by atoms with Crippen LogP contribution in [0.25, 0.3) is 0 Å². The lowest BCUT2D eigenvalue weighted by Crippen LogP contribution is -2.18. The summed E-state index contributed by atoms with van der Waals surface area (Å²) in [6.45, 7) is 0. The molecule has 0 aliphatic carbocycles. The Kier molecular flexibility index (Phi) is 4.42. The monoisotopic (exact) mass is 257 g/mol. The number of nitrogens with one attached hydrogen (secondary N) is 1. The summed E-state index contributed by atoms with van der Waals surface area (Å²) in [5.41, 5.74) is 2.37. The van der Waals surface area contributed by atoms with Crippen LogP contribution in [0, 0.1) is 0 Å². The van der Waals surface area contributed by atoms with Gasteiger partial charge in [-0.15, -0.1) is 0 Å². The van der Waals surface area contributed by atoms with Gasteiger partial charge in [-0.05, 0) is 36.7 Å². The van der Waals surface area contributed by atoms with Gasteiger partial charge in [-0.1, -0.05) is 36.4 Å². The molecule has 19 heavy (non-hydrogen) atoms. The maximum atomic E-state index is 9.63. The van der Waals surface area contributed by atoms with Crippen LogP contribution in [-0.2, 0) is 6.42 Å². The molecule has 1 atom stereocenters. The number of rotatable bonds is 5. The summed E-state index contributed by atoms with van der Waals surface area (Å²) < 4.78 is 5.15. The molecule has 2 aromatic carbocycles. The van der Waals surface area contributed by atoms with Crippen molar-refractivity contribution in [3.63, 3.8) is 0 Å². The number of hydrogen-bond acceptors (Lipinski definition) is 3. The smallest absolute Gasteiger partial charge is 0.160 e. The van der Waals surface area contributed by atoms with Gasteiger partial charge >= 0.3 is 0 Å². The average molecular weight is 257 g/mol. The molecule has 0 radical (unpaired) electrons. The second-order valence-corrected chi connectivity index (χ2v) is 4.46. The minimum atomic E-state index is 0.167.